The Morgan fingerprint density at radius 1 is 1.21 bits per heavy atom. The topological polar surface area (TPSA) is 67.1 Å². The minimum absolute atomic E-state index is 0.0318. The van der Waals surface area contributed by atoms with E-state index < -0.39 is 0 Å². The Labute approximate surface area is 165 Å². The summed E-state index contributed by atoms with van der Waals surface area (Å²) in [5.41, 5.74) is 1.10. The van der Waals surface area contributed by atoms with Gasteiger partial charge in [0.15, 0.2) is 5.96 Å². The van der Waals surface area contributed by atoms with Crippen LogP contribution in [0, 0.1) is 5.82 Å². The average Bonchev–Trinajstić information content (AvgIpc) is 3.46. The molecule has 0 atom stereocenters. The van der Waals surface area contributed by atoms with Crippen molar-refractivity contribution >= 4 is 5.96 Å². The molecule has 150 valence electrons. The lowest BCUT2D eigenvalue weighted by molar-refractivity contribution is 0.596. The predicted molar refractivity (Wildman–Crippen MR) is 108 cm³/mol. The minimum Gasteiger partial charge on any atom is -0.356 e. The van der Waals surface area contributed by atoms with Crippen molar-refractivity contribution in [3.05, 3.63) is 47.3 Å². The number of halogens is 1. The van der Waals surface area contributed by atoms with Gasteiger partial charge >= 0.3 is 0 Å². The lowest BCUT2D eigenvalue weighted by Crippen LogP contribution is -2.42. The van der Waals surface area contributed by atoms with Crippen LogP contribution < -0.4 is 10.6 Å². The lowest BCUT2D eigenvalue weighted by atomic mass is 9.96. The van der Waals surface area contributed by atoms with Crippen LogP contribution >= 0.6 is 0 Å². The van der Waals surface area contributed by atoms with Crippen molar-refractivity contribution in [2.24, 2.45) is 4.99 Å². The Hall–Kier alpha value is -2.44. The molecule has 1 aliphatic heterocycles. The fourth-order valence-electron chi connectivity index (χ4n) is 4.03. The molecular weight excluding hydrogens is 355 g/mol. The van der Waals surface area contributed by atoms with Crippen LogP contribution in [0.15, 0.2) is 29.3 Å². The Kier molecular flexibility index (Phi) is 5.59. The van der Waals surface area contributed by atoms with E-state index in [2.05, 4.69) is 30.4 Å². The predicted octanol–water partition coefficient (Wildman–Crippen LogP) is 2.58. The average molecular weight is 385 g/mol. The van der Waals surface area contributed by atoms with Crippen LogP contribution in [0.5, 0.6) is 0 Å². The Morgan fingerprint density at radius 3 is 2.89 bits per heavy atom. The molecule has 2 N–H and O–H groups in total. The second-order valence-corrected chi connectivity index (χ2v) is 7.89. The number of guanidine groups is 1. The smallest absolute Gasteiger partial charge is 0.191 e. The van der Waals surface area contributed by atoms with Crippen molar-refractivity contribution in [2.45, 2.75) is 56.9 Å². The summed E-state index contributed by atoms with van der Waals surface area (Å²) in [7, 11) is 1.78. The first-order valence-corrected chi connectivity index (χ1v) is 10.3. The molecule has 0 unspecified atom stereocenters. The first-order chi connectivity index (χ1) is 13.7. The number of aliphatic imine (C=N–C) groups is 1. The third-order valence-electron chi connectivity index (χ3n) is 5.94. The van der Waals surface area contributed by atoms with Crippen LogP contribution in [-0.2, 0) is 24.8 Å². The van der Waals surface area contributed by atoms with Gasteiger partial charge in [0.05, 0.1) is 0 Å². The van der Waals surface area contributed by atoms with E-state index in [1.165, 1.54) is 25.3 Å². The number of aryl methyl sites for hydroxylation is 1. The lowest BCUT2D eigenvalue weighted by Gasteiger charge is -2.19. The summed E-state index contributed by atoms with van der Waals surface area (Å²) in [4.78, 5) is 4.33. The van der Waals surface area contributed by atoms with Gasteiger partial charge in [0, 0.05) is 44.9 Å². The third-order valence-corrected chi connectivity index (χ3v) is 5.94. The van der Waals surface area contributed by atoms with Crippen molar-refractivity contribution in [1.29, 1.82) is 0 Å². The van der Waals surface area contributed by atoms with Gasteiger partial charge in [0.1, 0.15) is 17.5 Å². The summed E-state index contributed by atoms with van der Waals surface area (Å²) in [5.74, 6) is 2.79. The Balaban J connectivity index is 1.28. The molecule has 0 amide bonds. The summed E-state index contributed by atoms with van der Waals surface area (Å²) in [6, 6.07) is 6.96. The minimum atomic E-state index is -0.168. The first kappa shape index (κ1) is 18.9. The summed E-state index contributed by atoms with van der Waals surface area (Å²) in [6.07, 6.45) is 7.69. The van der Waals surface area contributed by atoms with Crippen LogP contribution in [0.1, 0.15) is 49.3 Å². The SMILES string of the molecule is CN=C(NCCc1nnc2n1CCCCC2)NCC1(c2cccc(F)c2)CC1. The number of nitrogens with zero attached hydrogens (tertiary/aromatic N) is 4. The van der Waals surface area contributed by atoms with Crippen LogP contribution in [0.2, 0.25) is 0 Å². The van der Waals surface area contributed by atoms with Crippen molar-refractivity contribution in [2.75, 3.05) is 20.1 Å². The van der Waals surface area contributed by atoms with E-state index >= 15 is 0 Å². The first-order valence-electron chi connectivity index (χ1n) is 10.3. The molecule has 0 bridgehead atoms. The van der Waals surface area contributed by atoms with Gasteiger partial charge < -0.3 is 15.2 Å². The van der Waals surface area contributed by atoms with Crippen molar-refractivity contribution in [1.82, 2.24) is 25.4 Å². The summed E-state index contributed by atoms with van der Waals surface area (Å²) in [5, 5.41) is 15.5. The van der Waals surface area contributed by atoms with Gasteiger partial charge in [-0.3, -0.25) is 4.99 Å². The van der Waals surface area contributed by atoms with Gasteiger partial charge in [0.25, 0.3) is 0 Å². The highest BCUT2D eigenvalue weighted by atomic mass is 19.1. The number of fused-ring (bicyclic) bond motifs is 1. The molecule has 2 aromatic rings. The molecule has 1 aromatic carbocycles. The van der Waals surface area contributed by atoms with Crippen LogP contribution in [0.25, 0.3) is 0 Å². The number of nitrogens with one attached hydrogen (secondary N) is 2. The maximum atomic E-state index is 13.6. The van der Waals surface area contributed by atoms with Crippen molar-refractivity contribution < 1.29 is 4.39 Å². The zero-order valence-corrected chi connectivity index (χ0v) is 16.5. The molecule has 6 nitrogen and oxygen atoms in total. The molecule has 2 aliphatic rings. The van der Waals surface area contributed by atoms with Crippen molar-refractivity contribution in [3.63, 3.8) is 0 Å². The summed E-state index contributed by atoms with van der Waals surface area (Å²) in [6.45, 7) is 2.54. The molecule has 0 radical (unpaired) electrons. The van der Waals surface area contributed by atoms with Crippen LogP contribution in [-0.4, -0.2) is 40.9 Å². The Morgan fingerprint density at radius 2 is 2.11 bits per heavy atom. The second kappa shape index (κ2) is 8.29. The van der Waals surface area contributed by atoms with Crippen molar-refractivity contribution in [3.8, 4) is 0 Å². The standard InChI is InChI=1S/C21H29FN6/c1-23-20(25-15-21(10-11-21)16-6-5-7-17(22)14-16)24-12-9-19-27-26-18-8-3-2-4-13-28(18)19/h5-7,14H,2-4,8-13,15H2,1H3,(H2,23,24,25). The van der Waals surface area contributed by atoms with E-state index in [9.17, 15) is 4.39 Å². The molecule has 1 aliphatic carbocycles. The zero-order chi connectivity index (χ0) is 19.4. The quantitative estimate of drug-likeness (QED) is 0.593. The summed E-state index contributed by atoms with van der Waals surface area (Å²) >= 11 is 0. The molecule has 7 heteroatoms. The number of aromatic nitrogens is 3. The normalized spacial score (nSPS) is 18.3. The van der Waals surface area contributed by atoms with Gasteiger partial charge in [-0.2, -0.15) is 0 Å². The van der Waals surface area contributed by atoms with E-state index in [-0.39, 0.29) is 11.2 Å². The zero-order valence-electron chi connectivity index (χ0n) is 16.5. The number of hydrogen-bond donors (Lipinski definition) is 2. The fraction of sp³-hybridized carbons (Fsp3) is 0.571. The highest BCUT2D eigenvalue weighted by molar-refractivity contribution is 5.79. The largest absolute Gasteiger partial charge is 0.356 e. The van der Waals surface area contributed by atoms with Gasteiger partial charge in [-0.15, -0.1) is 10.2 Å². The highest BCUT2D eigenvalue weighted by Crippen LogP contribution is 2.47. The number of rotatable bonds is 6. The Bertz CT molecular complexity index is 839. The van der Waals surface area contributed by atoms with Crippen LogP contribution in [0.3, 0.4) is 0 Å². The van der Waals surface area contributed by atoms with Crippen LogP contribution in [0.4, 0.5) is 4.39 Å². The number of hydrogen-bond acceptors (Lipinski definition) is 3. The highest BCUT2D eigenvalue weighted by Gasteiger charge is 2.44. The van der Waals surface area contributed by atoms with Gasteiger partial charge in [-0.05, 0) is 43.4 Å². The third kappa shape index (κ3) is 4.18. The van der Waals surface area contributed by atoms with E-state index in [0.29, 0.717) is 0 Å². The molecule has 1 saturated carbocycles. The maximum Gasteiger partial charge on any atom is 0.191 e. The molecule has 2 heterocycles. The van der Waals surface area contributed by atoms with E-state index in [0.717, 1.165) is 68.5 Å². The fourth-order valence-corrected chi connectivity index (χ4v) is 4.03. The van der Waals surface area contributed by atoms with Gasteiger partial charge in [0.2, 0.25) is 0 Å². The van der Waals surface area contributed by atoms with E-state index in [1.807, 2.05) is 6.07 Å². The number of benzene rings is 1. The molecule has 0 spiro atoms. The maximum absolute atomic E-state index is 13.6. The molecular formula is C21H29FN6. The molecule has 1 aromatic heterocycles. The van der Waals surface area contributed by atoms with E-state index in [4.69, 9.17) is 0 Å². The van der Waals surface area contributed by atoms with E-state index in [1.54, 1.807) is 19.2 Å². The van der Waals surface area contributed by atoms with Gasteiger partial charge in [-0.25, -0.2) is 4.39 Å². The van der Waals surface area contributed by atoms with Gasteiger partial charge in [-0.1, -0.05) is 18.6 Å². The molecule has 28 heavy (non-hydrogen) atoms. The second-order valence-electron chi connectivity index (χ2n) is 7.89. The summed E-state index contributed by atoms with van der Waals surface area (Å²) < 4.78 is 15.9. The molecule has 4 rings (SSSR count). The monoisotopic (exact) mass is 384 g/mol. The molecule has 0 saturated heterocycles. The molecule has 1 fully saturated rings.